The zero-order valence-electron chi connectivity index (χ0n) is 14.5. The van der Waals surface area contributed by atoms with Crippen molar-refractivity contribution in [3.63, 3.8) is 0 Å². The number of primary amides is 1. The van der Waals surface area contributed by atoms with E-state index in [1.54, 1.807) is 24.3 Å². The fourth-order valence-electron chi connectivity index (χ4n) is 2.31. The normalized spacial score (nSPS) is 11.3. The highest BCUT2D eigenvalue weighted by Gasteiger charge is 2.22. The highest BCUT2D eigenvalue weighted by molar-refractivity contribution is 6.30. The van der Waals surface area contributed by atoms with E-state index in [4.69, 9.17) is 22.1 Å². The number of nitrogens with one attached hydrogen (secondary N) is 2. The Labute approximate surface area is 161 Å². The van der Waals surface area contributed by atoms with Crippen LogP contribution in [0.4, 0.5) is 4.79 Å². The van der Waals surface area contributed by atoms with Crippen molar-refractivity contribution in [2.75, 3.05) is 6.61 Å². The van der Waals surface area contributed by atoms with Gasteiger partial charge in [0.1, 0.15) is 6.04 Å². The maximum absolute atomic E-state index is 12.2. The summed E-state index contributed by atoms with van der Waals surface area (Å²) in [7, 11) is 0. The highest BCUT2D eigenvalue weighted by Crippen LogP contribution is 2.09. The highest BCUT2D eigenvalue weighted by atomic mass is 35.5. The third-order valence-corrected chi connectivity index (χ3v) is 3.88. The van der Waals surface area contributed by atoms with Gasteiger partial charge in [-0.2, -0.15) is 0 Å². The number of nitrogens with two attached hydrogens (primary N) is 1. The molecule has 4 N–H and O–H groups in total. The maximum atomic E-state index is 12.2. The third-order valence-electron chi connectivity index (χ3n) is 3.63. The molecule has 0 aromatic heterocycles. The van der Waals surface area contributed by atoms with E-state index in [0.717, 1.165) is 11.1 Å². The van der Waals surface area contributed by atoms with Crippen LogP contribution < -0.4 is 16.4 Å². The molecule has 2 aromatic carbocycles. The Balaban J connectivity index is 1.83. The molecule has 0 aliphatic heterocycles. The first-order valence-corrected chi connectivity index (χ1v) is 8.59. The summed E-state index contributed by atoms with van der Waals surface area (Å²) in [5, 5.41) is 5.57. The van der Waals surface area contributed by atoms with Crippen LogP contribution in [0.3, 0.4) is 0 Å². The molecule has 0 spiro atoms. The molecule has 27 heavy (non-hydrogen) atoms. The van der Waals surface area contributed by atoms with Crippen LogP contribution >= 0.6 is 11.6 Å². The van der Waals surface area contributed by atoms with Gasteiger partial charge in [0.2, 0.25) is 0 Å². The molecular formula is C19H20ClN3O4. The molecule has 0 bridgehead atoms. The second kappa shape index (κ2) is 10.2. The third kappa shape index (κ3) is 7.37. The molecule has 8 heteroatoms. The Hall–Kier alpha value is -3.06. The van der Waals surface area contributed by atoms with Crippen molar-refractivity contribution in [1.82, 2.24) is 10.6 Å². The smallest absolute Gasteiger partial charge is 0.329 e. The summed E-state index contributed by atoms with van der Waals surface area (Å²) in [5.41, 5.74) is 6.79. The number of carbonyl (C=O) groups is 3. The number of hydrogen-bond donors (Lipinski definition) is 3. The number of urea groups is 1. The molecule has 1 atom stereocenters. The zero-order valence-corrected chi connectivity index (χ0v) is 15.2. The predicted octanol–water partition coefficient (Wildman–Crippen LogP) is 1.78. The van der Waals surface area contributed by atoms with Gasteiger partial charge in [0.25, 0.3) is 5.91 Å². The zero-order chi connectivity index (χ0) is 19.6. The fraction of sp³-hybridized carbons (Fsp3) is 0.211. The number of esters is 1. The van der Waals surface area contributed by atoms with Gasteiger partial charge in [-0.25, -0.2) is 9.59 Å². The van der Waals surface area contributed by atoms with Gasteiger partial charge in [0.05, 0.1) is 0 Å². The van der Waals surface area contributed by atoms with E-state index in [0.29, 0.717) is 5.02 Å². The van der Waals surface area contributed by atoms with Crippen molar-refractivity contribution in [2.45, 2.75) is 19.0 Å². The molecule has 0 saturated heterocycles. The molecule has 0 saturated carbocycles. The molecule has 0 aliphatic rings. The Kier molecular flexibility index (Phi) is 7.63. The van der Waals surface area contributed by atoms with Gasteiger partial charge >= 0.3 is 12.0 Å². The van der Waals surface area contributed by atoms with Crippen LogP contribution in [-0.4, -0.2) is 30.6 Å². The van der Waals surface area contributed by atoms with Gasteiger partial charge in [-0.15, -0.1) is 0 Å². The lowest BCUT2D eigenvalue weighted by atomic mass is 10.1. The lowest BCUT2D eigenvalue weighted by molar-refractivity contribution is -0.150. The summed E-state index contributed by atoms with van der Waals surface area (Å²) in [6, 6.07) is 14.2. The van der Waals surface area contributed by atoms with Crippen molar-refractivity contribution in [3.8, 4) is 0 Å². The number of rotatable bonds is 8. The summed E-state index contributed by atoms with van der Waals surface area (Å²) < 4.78 is 5.00. The van der Waals surface area contributed by atoms with E-state index in [9.17, 15) is 14.4 Å². The van der Waals surface area contributed by atoms with Gasteiger partial charge in [-0.3, -0.25) is 4.79 Å². The second-order valence-corrected chi connectivity index (χ2v) is 6.20. The Bertz CT molecular complexity index is 781. The molecule has 0 aliphatic carbocycles. The van der Waals surface area contributed by atoms with Crippen LogP contribution in [0.5, 0.6) is 0 Å². The van der Waals surface area contributed by atoms with Crippen molar-refractivity contribution in [1.29, 1.82) is 0 Å². The summed E-state index contributed by atoms with van der Waals surface area (Å²) in [5.74, 6) is -1.20. The minimum absolute atomic E-state index is 0.203. The second-order valence-electron chi connectivity index (χ2n) is 5.76. The van der Waals surface area contributed by atoms with Crippen molar-refractivity contribution >= 4 is 29.5 Å². The molecule has 142 valence electrons. The summed E-state index contributed by atoms with van der Waals surface area (Å²) in [6.45, 7) is -0.182. The minimum atomic E-state index is -0.978. The van der Waals surface area contributed by atoms with E-state index < -0.39 is 30.6 Å². The fourth-order valence-corrected chi connectivity index (χ4v) is 2.43. The first-order valence-electron chi connectivity index (χ1n) is 8.21. The van der Waals surface area contributed by atoms with Crippen molar-refractivity contribution in [2.24, 2.45) is 5.73 Å². The number of carbonyl (C=O) groups excluding carboxylic acids is 3. The monoisotopic (exact) mass is 389 g/mol. The molecular weight excluding hydrogens is 370 g/mol. The van der Waals surface area contributed by atoms with Crippen LogP contribution in [0.25, 0.3) is 0 Å². The van der Waals surface area contributed by atoms with Gasteiger partial charge in [-0.1, -0.05) is 54.1 Å². The van der Waals surface area contributed by atoms with Crippen LogP contribution in [0.1, 0.15) is 11.1 Å². The van der Waals surface area contributed by atoms with E-state index in [1.807, 2.05) is 30.3 Å². The first-order chi connectivity index (χ1) is 12.9. The van der Waals surface area contributed by atoms with Crippen LogP contribution in [0, 0.1) is 0 Å². The summed E-state index contributed by atoms with van der Waals surface area (Å²) in [6.07, 6.45) is 0.203. The molecule has 0 heterocycles. The van der Waals surface area contributed by atoms with E-state index in [-0.39, 0.29) is 13.0 Å². The number of halogens is 1. The molecule has 0 unspecified atom stereocenters. The Morgan fingerprint density at radius 2 is 1.67 bits per heavy atom. The molecule has 2 rings (SSSR count). The molecule has 3 amide bonds. The van der Waals surface area contributed by atoms with E-state index in [1.165, 1.54) is 0 Å². The quantitative estimate of drug-likeness (QED) is 0.597. The number of ether oxygens (including phenoxy) is 1. The first kappa shape index (κ1) is 20.3. The van der Waals surface area contributed by atoms with Gasteiger partial charge in [-0.05, 0) is 23.3 Å². The average Bonchev–Trinajstić information content (AvgIpc) is 2.65. The average molecular weight is 390 g/mol. The predicted molar refractivity (Wildman–Crippen MR) is 101 cm³/mol. The molecule has 2 aromatic rings. The topological polar surface area (TPSA) is 111 Å². The van der Waals surface area contributed by atoms with Crippen molar-refractivity contribution in [3.05, 3.63) is 70.7 Å². The molecule has 0 fully saturated rings. The number of hydrogen-bond acceptors (Lipinski definition) is 4. The van der Waals surface area contributed by atoms with Crippen molar-refractivity contribution < 1.29 is 19.1 Å². The van der Waals surface area contributed by atoms with E-state index in [2.05, 4.69) is 10.6 Å². The van der Waals surface area contributed by atoms with Crippen LogP contribution in [0.2, 0.25) is 5.02 Å². The lowest BCUT2D eigenvalue weighted by Gasteiger charge is -2.16. The number of amides is 3. The standard InChI is InChI=1S/C19H20ClN3O4/c20-15-8-6-14(7-9-15)11-22-17(24)12-27-18(25)16(23-19(21)26)10-13-4-2-1-3-5-13/h1-9,16H,10-12H2,(H,22,24)(H3,21,23,26)/t16-/m0/s1. The Morgan fingerprint density at radius 1 is 1.00 bits per heavy atom. The van der Waals surface area contributed by atoms with Gasteiger partial charge < -0.3 is 21.1 Å². The minimum Gasteiger partial charge on any atom is -0.454 e. The van der Waals surface area contributed by atoms with Gasteiger partial charge in [0, 0.05) is 18.0 Å². The summed E-state index contributed by atoms with van der Waals surface area (Å²) >= 11 is 5.80. The molecule has 7 nitrogen and oxygen atoms in total. The van der Waals surface area contributed by atoms with E-state index >= 15 is 0 Å². The molecule has 0 radical (unpaired) electrons. The maximum Gasteiger partial charge on any atom is 0.329 e. The van der Waals surface area contributed by atoms with Gasteiger partial charge in [0.15, 0.2) is 6.61 Å². The summed E-state index contributed by atoms with van der Waals surface area (Å²) in [4.78, 5) is 35.2. The Morgan fingerprint density at radius 3 is 2.30 bits per heavy atom. The van der Waals surface area contributed by atoms with Crippen LogP contribution in [0.15, 0.2) is 54.6 Å². The number of benzene rings is 2. The lowest BCUT2D eigenvalue weighted by Crippen LogP contribution is -2.46. The largest absolute Gasteiger partial charge is 0.454 e. The van der Waals surface area contributed by atoms with Crippen LogP contribution in [-0.2, 0) is 27.3 Å². The SMILES string of the molecule is NC(=O)N[C@@H](Cc1ccccc1)C(=O)OCC(=O)NCc1ccc(Cl)cc1.